The number of rotatable bonds is 8. The van der Waals surface area contributed by atoms with Crippen LogP contribution in [0.25, 0.3) is 0 Å². The van der Waals surface area contributed by atoms with Crippen molar-refractivity contribution in [3.63, 3.8) is 0 Å². The zero-order valence-electron chi connectivity index (χ0n) is 20.6. The maximum Gasteiger partial charge on any atom is 0.247 e. The molecule has 1 amide bonds. The van der Waals surface area contributed by atoms with Crippen LogP contribution in [0.1, 0.15) is 13.3 Å². The molecule has 1 saturated heterocycles. The zero-order valence-corrected chi connectivity index (χ0v) is 21.4. The van der Waals surface area contributed by atoms with Crippen molar-refractivity contribution >= 4 is 34.9 Å². The summed E-state index contributed by atoms with van der Waals surface area (Å²) < 4.78 is 6.33. The fourth-order valence-electron chi connectivity index (χ4n) is 3.55. The molecule has 0 aliphatic carbocycles. The Kier molecular flexibility index (Phi) is 8.04. The lowest BCUT2D eigenvalue weighted by atomic mass is 10.3. The van der Waals surface area contributed by atoms with Gasteiger partial charge in [0.15, 0.2) is 5.16 Å². The largest absolute Gasteiger partial charge is 0.437 e. The lowest BCUT2D eigenvalue weighted by molar-refractivity contribution is -0.115. The fourth-order valence-corrected chi connectivity index (χ4v) is 4.29. The summed E-state index contributed by atoms with van der Waals surface area (Å²) in [7, 11) is 6.13. The first-order chi connectivity index (χ1) is 16.9. The van der Waals surface area contributed by atoms with E-state index in [-0.39, 0.29) is 5.91 Å². The molecule has 0 bridgehead atoms. The molecule has 0 radical (unpaired) electrons. The molecule has 0 unspecified atom stereocenters. The summed E-state index contributed by atoms with van der Waals surface area (Å²) in [4.78, 5) is 32.9. The number of piperazine rings is 1. The van der Waals surface area contributed by atoms with E-state index >= 15 is 0 Å². The van der Waals surface area contributed by atoms with Gasteiger partial charge in [0.25, 0.3) is 0 Å². The number of amides is 1. The Morgan fingerprint density at radius 1 is 1.14 bits per heavy atom. The van der Waals surface area contributed by atoms with Crippen LogP contribution in [0, 0.1) is 0 Å². The smallest absolute Gasteiger partial charge is 0.247 e. The molecule has 184 valence electrons. The van der Waals surface area contributed by atoms with Crippen LogP contribution in [-0.2, 0) is 4.79 Å². The molecular weight excluding hydrogens is 462 g/mol. The Bertz CT molecular complexity index is 1170. The van der Waals surface area contributed by atoms with Crippen molar-refractivity contribution in [3.8, 4) is 11.6 Å². The second-order valence-electron chi connectivity index (χ2n) is 8.51. The highest BCUT2D eigenvalue weighted by atomic mass is 32.2. The minimum absolute atomic E-state index is 0.0805. The average molecular weight is 494 g/mol. The molecule has 9 nitrogen and oxygen atoms in total. The van der Waals surface area contributed by atoms with Crippen LogP contribution in [0.5, 0.6) is 11.6 Å². The number of anilines is 3. The van der Waals surface area contributed by atoms with E-state index in [0.29, 0.717) is 23.3 Å². The third kappa shape index (κ3) is 6.61. The van der Waals surface area contributed by atoms with E-state index in [1.54, 1.807) is 13.1 Å². The zero-order chi connectivity index (χ0) is 24.8. The summed E-state index contributed by atoms with van der Waals surface area (Å²) in [6, 6.07) is 11.6. The first-order valence-electron chi connectivity index (χ1n) is 11.6. The van der Waals surface area contributed by atoms with Crippen LogP contribution < -0.4 is 19.9 Å². The van der Waals surface area contributed by atoms with Crippen molar-refractivity contribution in [3.05, 3.63) is 48.8 Å². The topological polar surface area (TPSA) is 86.7 Å². The molecule has 1 N–H and O–H groups in total. The van der Waals surface area contributed by atoms with Gasteiger partial charge in [-0.25, -0.2) is 9.97 Å². The van der Waals surface area contributed by atoms with E-state index in [4.69, 9.17) is 9.72 Å². The minimum atomic E-state index is -0.0805. The molecule has 35 heavy (non-hydrogen) atoms. The van der Waals surface area contributed by atoms with Gasteiger partial charge in [-0.15, -0.1) is 0 Å². The average Bonchev–Trinajstić information content (AvgIpc) is 2.85. The van der Waals surface area contributed by atoms with Gasteiger partial charge in [0.2, 0.25) is 11.8 Å². The number of carbonyl (C=O) groups is 1. The van der Waals surface area contributed by atoms with Gasteiger partial charge in [0.1, 0.15) is 17.3 Å². The van der Waals surface area contributed by atoms with E-state index in [2.05, 4.69) is 32.1 Å². The van der Waals surface area contributed by atoms with Crippen molar-refractivity contribution in [2.75, 3.05) is 62.4 Å². The monoisotopic (exact) mass is 493 g/mol. The Morgan fingerprint density at radius 3 is 2.69 bits per heavy atom. The molecular formula is C25H31N7O2S. The van der Waals surface area contributed by atoms with Gasteiger partial charge in [-0.05, 0) is 43.1 Å². The number of hydrogen-bond donors (Lipinski definition) is 1. The Labute approximate surface area is 210 Å². The predicted molar refractivity (Wildman–Crippen MR) is 140 cm³/mol. The van der Waals surface area contributed by atoms with Crippen LogP contribution in [0.15, 0.2) is 58.8 Å². The van der Waals surface area contributed by atoms with Crippen molar-refractivity contribution in [2.24, 2.45) is 0 Å². The van der Waals surface area contributed by atoms with Gasteiger partial charge in [-0.2, -0.15) is 4.98 Å². The van der Waals surface area contributed by atoms with Gasteiger partial charge < -0.3 is 24.8 Å². The minimum Gasteiger partial charge on any atom is -0.437 e. The standard InChI is InChI=1S/C25H31N7O2S/c1-5-23(33)28-22-16-20(9-10-26-22)35-25-27-17-21(32-13-11-31(4)12-14-32)24(29-25)34-19-8-6-7-18(15-19)30(2)3/h6-10,15-17H,5,11-14H2,1-4H3,(H,26,28,33). The second kappa shape index (κ2) is 11.4. The number of nitrogens with zero attached hydrogens (tertiary/aromatic N) is 6. The molecule has 1 aliphatic heterocycles. The maximum atomic E-state index is 11.7. The first kappa shape index (κ1) is 24.7. The lowest BCUT2D eigenvalue weighted by Gasteiger charge is -2.34. The molecule has 0 spiro atoms. The van der Waals surface area contributed by atoms with Crippen molar-refractivity contribution in [2.45, 2.75) is 23.4 Å². The normalized spacial score (nSPS) is 14.0. The third-order valence-corrected chi connectivity index (χ3v) is 6.50. The Balaban J connectivity index is 1.61. The molecule has 10 heteroatoms. The molecule has 1 aliphatic rings. The predicted octanol–water partition coefficient (Wildman–Crippen LogP) is 3.98. The van der Waals surface area contributed by atoms with E-state index in [1.807, 2.05) is 61.6 Å². The van der Waals surface area contributed by atoms with E-state index < -0.39 is 0 Å². The summed E-state index contributed by atoms with van der Waals surface area (Å²) >= 11 is 1.40. The van der Waals surface area contributed by atoms with Crippen LogP contribution in [-0.4, -0.2) is 73.1 Å². The van der Waals surface area contributed by atoms with Crippen molar-refractivity contribution < 1.29 is 9.53 Å². The molecule has 1 fully saturated rings. The Hall–Kier alpha value is -3.37. The molecule has 3 aromatic rings. The summed E-state index contributed by atoms with van der Waals surface area (Å²) in [5.74, 6) is 1.67. The molecule has 2 aromatic heterocycles. The highest BCUT2D eigenvalue weighted by Crippen LogP contribution is 2.35. The third-order valence-electron chi connectivity index (χ3n) is 5.64. The quantitative estimate of drug-likeness (QED) is 0.468. The number of aromatic nitrogens is 3. The number of pyridine rings is 1. The number of likely N-dealkylation sites (N-methyl/N-ethyl adjacent to an activating group) is 1. The first-order valence-corrected chi connectivity index (χ1v) is 12.4. The van der Waals surface area contributed by atoms with Gasteiger partial charge in [0.05, 0.1) is 6.20 Å². The molecule has 4 rings (SSSR count). The van der Waals surface area contributed by atoms with E-state index in [9.17, 15) is 4.79 Å². The van der Waals surface area contributed by atoms with Gasteiger partial charge in [-0.1, -0.05) is 13.0 Å². The van der Waals surface area contributed by atoms with Crippen LogP contribution in [0.3, 0.4) is 0 Å². The van der Waals surface area contributed by atoms with Crippen LogP contribution >= 0.6 is 11.8 Å². The summed E-state index contributed by atoms with van der Waals surface area (Å²) in [6.45, 7) is 5.50. The van der Waals surface area contributed by atoms with E-state index in [0.717, 1.165) is 48.2 Å². The maximum absolute atomic E-state index is 11.7. The summed E-state index contributed by atoms with van der Waals surface area (Å²) in [6.07, 6.45) is 3.90. The second-order valence-corrected chi connectivity index (χ2v) is 9.55. The molecule has 0 atom stereocenters. The molecule has 1 aromatic carbocycles. The van der Waals surface area contributed by atoms with E-state index in [1.165, 1.54) is 11.8 Å². The number of carbonyl (C=O) groups excluding carboxylic acids is 1. The SMILES string of the molecule is CCC(=O)Nc1cc(Sc2ncc(N3CCN(C)CC3)c(Oc3cccc(N(C)C)c3)n2)ccn1. The number of nitrogens with one attached hydrogen (secondary N) is 1. The van der Waals surface area contributed by atoms with Crippen LogP contribution in [0.4, 0.5) is 17.2 Å². The number of ether oxygens (including phenoxy) is 1. The van der Waals surface area contributed by atoms with Gasteiger partial charge in [0, 0.05) is 69.5 Å². The van der Waals surface area contributed by atoms with Crippen LogP contribution in [0.2, 0.25) is 0 Å². The molecule has 0 saturated carbocycles. The Morgan fingerprint density at radius 2 is 1.94 bits per heavy atom. The summed E-state index contributed by atoms with van der Waals surface area (Å²) in [5, 5.41) is 3.34. The summed E-state index contributed by atoms with van der Waals surface area (Å²) in [5.41, 5.74) is 1.93. The fraction of sp³-hybridized carbons (Fsp3) is 0.360. The van der Waals surface area contributed by atoms with Crippen molar-refractivity contribution in [1.82, 2.24) is 19.9 Å². The molecule has 3 heterocycles. The highest BCUT2D eigenvalue weighted by Gasteiger charge is 2.21. The lowest BCUT2D eigenvalue weighted by Crippen LogP contribution is -2.44. The number of benzene rings is 1. The highest BCUT2D eigenvalue weighted by molar-refractivity contribution is 7.99. The van der Waals surface area contributed by atoms with Crippen molar-refractivity contribution in [1.29, 1.82) is 0 Å². The van der Waals surface area contributed by atoms with Gasteiger partial charge >= 0.3 is 0 Å². The number of hydrogen-bond acceptors (Lipinski definition) is 9. The van der Waals surface area contributed by atoms with Gasteiger partial charge in [-0.3, -0.25) is 4.79 Å².